The summed E-state index contributed by atoms with van der Waals surface area (Å²) in [6.07, 6.45) is 4.84. The SMILES string of the molecule is Clc1cccc(Nc2ccc(CNCC3CCOCC3)c(C3CC3)n2)c1. The zero-order valence-electron chi connectivity index (χ0n) is 15.0. The molecule has 1 saturated carbocycles. The third kappa shape index (κ3) is 4.76. The van der Waals surface area contributed by atoms with Crippen molar-refractivity contribution in [2.45, 2.75) is 38.1 Å². The number of ether oxygens (including phenoxy) is 1. The van der Waals surface area contributed by atoms with E-state index in [2.05, 4.69) is 22.8 Å². The highest BCUT2D eigenvalue weighted by molar-refractivity contribution is 6.30. The van der Waals surface area contributed by atoms with Crippen molar-refractivity contribution in [3.63, 3.8) is 0 Å². The van der Waals surface area contributed by atoms with Gasteiger partial charge in [0.2, 0.25) is 0 Å². The summed E-state index contributed by atoms with van der Waals surface area (Å²) in [6.45, 7) is 3.78. The Bertz CT molecular complexity index is 742. The van der Waals surface area contributed by atoms with Crippen LogP contribution in [0.15, 0.2) is 36.4 Å². The van der Waals surface area contributed by atoms with Crippen LogP contribution in [0.25, 0.3) is 0 Å². The highest BCUT2D eigenvalue weighted by atomic mass is 35.5. The lowest BCUT2D eigenvalue weighted by molar-refractivity contribution is 0.0662. The van der Waals surface area contributed by atoms with Crippen molar-refractivity contribution in [3.05, 3.63) is 52.7 Å². The molecule has 1 aromatic heterocycles. The van der Waals surface area contributed by atoms with Gasteiger partial charge in [-0.25, -0.2) is 4.98 Å². The Kier molecular flexibility index (Phi) is 5.73. The Labute approximate surface area is 160 Å². The minimum atomic E-state index is 0.621. The Morgan fingerprint density at radius 3 is 2.69 bits per heavy atom. The Morgan fingerprint density at radius 2 is 1.92 bits per heavy atom. The van der Waals surface area contributed by atoms with Gasteiger partial charge in [-0.05, 0) is 68.0 Å². The van der Waals surface area contributed by atoms with Gasteiger partial charge in [0.05, 0.1) is 5.69 Å². The van der Waals surface area contributed by atoms with Crippen LogP contribution in [-0.2, 0) is 11.3 Å². The second kappa shape index (κ2) is 8.38. The topological polar surface area (TPSA) is 46.2 Å². The fourth-order valence-corrected chi connectivity index (χ4v) is 3.70. The van der Waals surface area contributed by atoms with Gasteiger partial charge < -0.3 is 15.4 Å². The molecule has 5 heteroatoms. The zero-order valence-corrected chi connectivity index (χ0v) is 15.8. The maximum atomic E-state index is 6.07. The molecular formula is C21H26ClN3O. The van der Waals surface area contributed by atoms with E-state index in [1.807, 2.05) is 24.3 Å². The first-order valence-corrected chi connectivity index (χ1v) is 9.96. The second-order valence-electron chi connectivity index (χ2n) is 7.34. The molecule has 0 radical (unpaired) electrons. The van der Waals surface area contributed by atoms with Crippen LogP contribution < -0.4 is 10.6 Å². The quantitative estimate of drug-likeness (QED) is 0.728. The summed E-state index contributed by atoms with van der Waals surface area (Å²) in [5, 5.41) is 7.74. The molecule has 1 aliphatic carbocycles. The van der Waals surface area contributed by atoms with Gasteiger partial charge in [-0.15, -0.1) is 0 Å². The molecule has 2 aromatic rings. The molecule has 4 nitrogen and oxygen atoms in total. The minimum absolute atomic E-state index is 0.621. The van der Waals surface area contributed by atoms with E-state index in [1.54, 1.807) is 0 Å². The van der Waals surface area contributed by atoms with Crippen molar-refractivity contribution in [2.75, 3.05) is 25.1 Å². The molecule has 1 saturated heterocycles. The van der Waals surface area contributed by atoms with Crippen molar-refractivity contribution in [2.24, 2.45) is 5.92 Å². The number of halogens is 1. The Hall–Kier alpha value is -1.62. The maximum Gasteiger partial charge on any atom is 0.130 e. The molecule has 0 atom stereocenters. The first-order valence-electron chi connectivity index (χ1n) is 9.59. The average molecular weight is 372 g/mol. The normalized spacial score (nSPS) is 18.0. The first kappa shape index (κ1) is 17.8. The van der Waals surface area contributed by atoms with Crippen LogP contribution in [0.2, 0.25) is 5.02 Å². The van der Waals surface area contributed by atoms with Crippen LogP contribution in [0.4, 0.5) is 11.5 Å². The van der Waals surface area contributed by atoms with Gasteiger partial charge in [0.1, 0.15) is 5.82 Å². The molecule has 1 aromatic carbocycles. The second-order valence-corrected chi connectivity index (χ2v) is 7.77. The van der Waals surface area contributed by atoms with Gasteiger partial charge in [0.25, 0.3) is 0 Å². The zero-order chi connectivity index (χ0) is 17.8. The van der Waals surface area contributed by atoms with Crippen molar-refractivity contribution >= 4 is 23.1 Å². The van der Waals surface area contributed by atoms with Gasteiger partial charge in [0.15, 0.2) is 0 Å². The number of aromatic nitrogens is 1. The third-order valence-electron chi connectivity index (χ3n) is 5.16. The van der Waals surface area contributed by atoms with E-state index in [4.69, 9.17) is 21.3 Å². The van der Waals surface area contributed by atoms with Crippen molar-refractivity contribution in [1.29, 1.82) is 0 Å². The molecule has 4 rings (SSSR count). The molecular weight excluding hydrogens is 346 g/mol. The van der Waals surface area contributed by atoms with E-state index in [1.165, 1.54) is 36.9 Å². The van der Waals surface area contributed by atoms with Crippen LogP contribution in [0.3, 0.4) is 0 Å². The van der Waals surface area contributed by atoms with Crippen molar-refractivity contribution < 1.29 is 4.74 Å². The van der Waals surface area contributed by atoms with Crippen LogP contribution >= 0.6 is 11.6 Å². The number of anilines is 2. The highest BCUT2D eigenvalue weighted by Crippen LogP contribution is 2.41. The van der Waals surface area contributed by atoms with Crippen LogP contribution in [0.5, 0.6) is 0 Å². The van der Waals surface area contributed by atoms with Crippen LogP contribution in [-0.4, -0.2) is 24.7 Å². The molecule has 138 valence electrons. The average Bonchev–Trinajstić information content (AvgIpc) is 3.49. The summed E-state index contributed by atoms with van der Waals surface area (Å²) in [6, 6.07) is 12.0. The van der Waals surface area contributed by atoms with Gasteiger partial charge in [-0.1, -0.05) is 23.7 Å². The smallest absolute Gasteiger partial charge is 0.130 e. The summed E-state index contributed by atoms with van der Waals surface area (Å²) in [5.41, 5.74) is 3.55. The summed E-state index contributed by atoms with van der Waals surface area (Å²) >= 11 is 6.07. The van der Waals surface area contributed by atoms with Crippen molar-refractivity contribution in [1.82, 2.24) is 10.3 Å². The summed E-state index contributed by atoms with van der Waals surface area (Å²) in [5.74, 6) is 2.25. The molecule has 0 bridgehead atoms. The van der Waals surface area contributed by atoms with E-state index in [9.17, 15) is 0 Å². The minimum Gasteiger partial charge on any atom is -0.381 e. The lowest BCUT2D eigenvalue weighted by atomic mass is 10.0. The van der Waals surface area contributed by atoms with E-state index in [0.29, 0.717) is 5.92 Å². The third-order valence-corrected chi connectivity index (χ3v) is 5.40. The monoisotopic (exact) mass is 371 g/mol. The van der Waals surface area contributed by atoms with Crippen molar-refractivity contribution in [3.8, 4) is 0 Å². The van der Waals surface area contributed by atoms with E-state index in [0.717, 1.165) is 48.7 Å². The number of rotatable bonds is 7. The standard InChI is InChI=1S/C21H26ClN3O/c22-18-2-1-3-19(12-18)24-20-7-6-17(21(25-20)16-4-5-16)14-23-13-15-8-10-26-11-9-15/h1-3,6-7,12,15-16,23H,4-5,8-11,13-14H2,(H,24,25). The fourth-order valence-electron chi connectivity index (χ4n) is 3.51. The number of hydrogen-bond acceptors (Lipinski definition) is 4. The van der Waals surface area contributed by atoms with Gasteiger partial charge in [0, 0.05) is 36.4 Å². The van der Waals surface area contributed by atoms with Crippen LogP contribution in [0, 0.1) is 5.92 Å². The van der Waals surface area contributed by atoms with Gasteiger partial charge in [-0.2, -0.15) is 0 Å². The number of hydrogen-bond donors (Lipinski definition) is 2. The number of benzene rings is 1. The lowest BCUT2D eigenvalue weighted by Gasteiger charge is -2.22. The van der Waals surface area contributed by atoms with Crippen LogP contribution in [0.1, 0.15) is 42.9 Å². The highest BCUT2D eigenvalue weighted by Gasteiger charge is 2.28. The molecule has 26 heavy (non-hydrogen) atoms. The molecule has 0 amide bonds. The molecule has 2 N–H and O–H groups in total. The predicted molar refractivity (Wildman–Crippen MR) is 106 cm³/mol. The molecule has 2 heterocycles. The number of nitrogens with zero attached hydrogens (tertiary/aromatic N) is 1. The maximum absolute atomic E-state index is 6.07. The van der Waals surface area contributed by atoms with E-state index >= 15 is 0 Å². The molecule has 0 spiro atoms. The first-order chi connectivity index (χ1) is 12.8. The Morgan fingerprint density at radius 1 is 1.08 bits per heavy atom. The molecule has 1 aliphatic heterocycles. The van der Waals surface area contributed by atoms with E-state index in [-0.39, 0.29) is 0 Å². The Balaban J connectivity index is 1.40. The lowest BCUT2D eigenvalue weighted by Crippen LogP contribution is -2.27. The van der Waals surface area contributed by atoms with E-state index < -0.39 is 0 Å². The summed E-state index contributed by atoms with van der Waals surface area (Å²) in [7, 11) is 0. The molecule has 2 aliphatic rings. The predicted octanol–water partition coefficient (Wildman–Crippen LogP) is 4.87. The molecule has 2 fully saturated rings. The van der Waals surface area contributed by atoms with Gasteiger partial charge in [-0.3, -0.25) is 0 Å². The molecule has 0 unspecified atom stereocenters. The number of pyridine rings is 1. The van der Waals surface area contributed by atoms with Gasteiger partial charge >= 0.3 is 0 Å². The summed E-state index contributed by atoms with van der Waals surface area (Å²) in [4.78, 5) is 4.91. The number of nitrogens with one attached hydrogen (secondary N) is 2. The summed E-state index contributed by atoms with van der Waals surface area (Å²) < 4.78 is 5.44. The fraction of sp³-hybridized carbons (Fsp3) is 0.476. The largest absolute Gasteiger partial charge is 0.381 e.